The molecule has 0 aliphatic carbocycles. The molecule has 0 radical (unpaired) electrons. The summed E-state index contributed by atoms with van der Waals surface area (Å²) in [4.78, 5) is 19.7. The summed E-state index contributed by atoms with van der Waals surface area (Å²) in [6.07, 6.45) is -2.82. The van der Waals surface area contributed by atoms with Gasteiger partial charge in [-0.15, -0.1) is 0 Å². The van der Waals surface area contributed by atoms with Crippen molar-refractivity contribution in [2.75, 3.05) is 18.6 Å². The highest BCUT2D eigenvalue weighted by atomic mass is 19.4. The van der Waals surface area contributed by atoms with E-state index in [4.69, 9.17) is 15.6 Å². The van der Waals surface area contributed by atoms with E-state index in [1.165, 1.54) is 31.6 Å². The summed E-state index contributed by atoms with van der Waals surface area (Å²) in [5.74, 6) is -0.226. The number of carboxylic acid groups (broad SMARTS) is 1. The number of nitrogens with two attached hydrogens (primary N) is 1. The first-order valence-electron chi connectivity index (χ1n) is 9.22. The largest absolute Gasteiger partial charge is 0.475 e. The minimum atomic E-state index is -4.70. The Balaban J connectivity index is 2.38. The highest BCUT2D eigenvalue weighted by molar-refractivity contribution is 5.85. The number of aromatic nitrogens is 2. The van der Waals surface area contributed by atoms with Gasteiger partial charge < -0.3 is 15.6 Å². The number of carbonyl (C=O) groups is 1. The van der Waals surface area contributed by atoms with E-state index in [-0.39, 0.29) is 23.9 Å². The Bertz CT molecular complexity index is 901. The van der Waals surface area contributed by atoms with Crippen molar-refractivity contribution in [3.63, 3.8) is 0 Å². The number of pyridine rings is 2. The number of amides is 1. The van der Waals surface area contributed by atoms with Gasteiger partial charge in [-0.1, -0.05) is 13.8 Å². The maximum absolute atomic E-state index is 13.6. The van der Waals surface area contributed by atoms with E-state index in [2.05, 4.69) is 9.97 Å². The van der Waals surface area contributed by atoms with Crippen molar-refractivity contribution in [1.82, 2.24) is 9.97 Å². The Kier molecular flexibility index (Phi) is 6.91. The predicted octanol–water partition coefficient (Wildman–Crippen LogP) is 4.42. The lowest BCUT2D eigenvalue weighted by Gasteiger charge is -2.27. The second-order valence-corrected chi connectivity index (χ2v) is 7.86. The van der Waals surface area contributed by atoms with E-state index >= 15 is 0 Å². The van der Waals surface area contributed by atoms with Gasteiger partial charge in [0.2, 0.25) is 5.88 Å². The highest BCUT2D eigenvalue weighted by Gasteiger charge is 2.36. The number of alkyl halides is 3. The number of nitrogens with zero attached hydrogens (tertiary/aromatic N) is 3. The fourth-order valence-electron chi connectivity index (χ4n) is 3.03. The highest BCUT2D eigenvalue weighted by Crippen LogP contribution is 2.38. The maximum atomic E-state index is 13.6. The molecule has 1 atom stereocenters. The molecule has 10 heteroatoms. The molecule has 0 fully saturated rings. The van der Waals surface area contributed by atoms with Gasteiger partial charge in [-0.25, -0.2) is 14.8 Å². The summed E-state index contributed by atoms with van der Waals surface area (Å²) in [5, 5.41) is 9.06. The molecule has 0 saturated heterocycles. The van der Waals surface area contributed by atoms with Crippen LogP contribution in [0.15, 0.2) is 30.6 Å². The fourth-order valence-corrected chi connectivity index (χ4v) is 3.03. The minimum absolute atomic E-state index is 0.0708. The van der Waals surface area contributed by atoms with Gasteiger partial charge >= 0.3 is 12.3 Å². The zero-order valence-corrected chi connectivity index (χ0v) is 17.2. The molecule has 2 aromatic rings. The van der Waals surface area contributed by atoms with Crippen LogP contribution in [0.5, 0.6) is 5.88 Å². The summed E-state index contributed by atoms with van der Waals surface area (Å²) >= 11 is 0. The molecule has 164 valence electrons. The van der Waals surface area contributed by atoms with Crippen molar-refractivity contribution in [1.29, 1.82) is 0 Å². The van der Waals surface area contributed by atoms with Crippen molar-refractivity contribution >= 4 is 11.9 Å². The van der Waals surface area contributed by atoms with Crippen molar-refractivity contribution in [2.24, 2.45) is 11.7 Å². The maximum Gasteiger partial charge on any atom is 0.421 e. The summed E-state index contributed by atoms with van der Waals surface area (Å²) in [7, 11) is 1.28. The molecular weight excluding hydrogens is 401 g/mol. The van der Waals surface area contributed by atoms with Crippen LogP contribution in [0.2, 0.25) is 0 Å². The van der Waals surface area contributed by atoms with Crippen LogP contribution in [0.25, 0.3) is 11.1 Å². The first-order valence-corrected chi connectivity index (χ1v) is 9.22. The Labute approximate surface area is 172 Å². The van der Waals surface area contributed by atoms with Gasteiger partial charge in [0, 0.05) is 30.5 Å². The third kappa shape index (κ3) is 6.06. The summed E-state index contributed by atoms with van der Waals surface area (Å²) in [5.41, 5.74) is 4.76. The molecule has 1 amide bonds. The number of rotatable bonds is 7. The Hall–Kier alpha value is -2.88. The summed E-state index contributed by atoms with van der Waals surface area (Å²) in [6.45, 7) is 5.52. The summed E-state index contributed by atoms with van der Waals surface area (Å²) in [6, 6.07) is 3.75. The molecule has 30 heavy (non-hydrogen) atoms. The lowest BCUT2D eigenvalue weighted by Crippen LogP contribution is -2.43. The van der Waals surface area contributed by atoms with Crippen molar-refractivity contribution in [3.05, 3.63) is 36.2 Å². The summed E-state index contributed by atoms with van der Waals surface area (Å²) < 4.78 is 46.3. The first-order chi connectivity index (χ1) is 13.8. The molecule has 0 aliphatic rings. The van der Waals surface area contributed by atoms with Crippen molar-refractivity contribution in [3.8, 4) is 17.0 Å². The molecule has 0 aromatic carbocycles. The van der Waals surface area contributed by atoms with E-state index in [0.29, 0.717) is 12.0 Å². The lowest BCUT2D eigenvalue weighted by molar-refractivity contribution is -0.139. The van der Waals surface area contributed by atoms with Crippen LogP contribution in [0.1, 0.15) is 32.8 Å². The van der Waals surface area contributed by atoms with Gasteiger partial charge in [-0.3, -0.25) is 4.90 Å². The zero-order valence-electron chi connectivity index (χ0n) is 17.2. The second-order valence-electron chi connectivity index (χ2n) is 7.86. The van der Waals surface area contributed by atoms with Crippen molar-refractivity contribution < 1.29 is 27.8 Å². The van der Waals surface area contributed by atoms with Gasteiger partial charge in [0.05, 0.1) is 0 Å². The van der Waals surface area contributed by atoms with Crippen LogP contribution in [-0.2, 0) is 6.18 Å². The third-order valence-corrected chi connectivity index (χ3v) is 4.28. The lowest BCUT2D eigenvalue weighted by atomic mass is 9.93. The van der Waals surface area contributed by atoms with Crippen molar-refractivity contribution in [2.45, 2.75) is 38.9 Å². The van der Waals surface area contributed by atoms with Gasteiger partial charge in [0.25, 0.3) is 0 Å². The average molecular weight is 426 g/mol. The molecule has 0 spiro atoms. The first kappa shape index (κ1) is 23.4. The van der Waals surface area contributed by atoms with E-state index in [0.717, 1.165) is 11.0 Å². The topological polar surface area (TPSA) is 102 Å². The molecule has 3 N–H and O–H groups in total. The van der Waals surface area contributed by atoms with E-state index < -0.39 is 29.3 Å². The normalized spacial score (nSPS) is 13.8. The third-order valence-electron chi connectivity index (χ3n) is 4.28. The molecule has 2 aromatic heterocycles. The number of hydrogen-bond donors (Lipinski definition) is 2. The zero-order chi connectivity index (χ0) is 22.7. The van der Waals surface area contributed by atoms with Crippen LogP contribution >= 0.6 is 0 Å². The molecule has 2 rings (SSSR count). The van der Waals surface area contributed by atoms with Crippen LogP contribution < -0.4 is 15.4 Å². The van der Waals surface area contributed by atoms with E-state index in [9.17, 15) is 18.0 Å². The Morgan fingerprint density at radius 1 is 1.27 bits per heavy atom. The Morgan fingerprint density at radius 2 is 1.93 bits per heavy atom. The van der Waals surface area contributed by atoms with Crippen LogP contribution in [0.4, 0.5) is 23.8 Å². The average Bonchev–Trinajstić information content (AvgIpc) is 2.64. The SMILES string of the molecule is CC(C)C[C@](C)(N)COc1ncc(-c2ccnc(N(C)C(=O)O)c2)cc1C(F)(F)F. The number of halogens is 3. The molecular formula is C20H25F3N4O3. The number of anilines is 1. The van der Waals surface area contributed by atoms with Gasteiger partial charge in [0.1, 0.15) is 18.0 Å². The molecule has 0 saturated carbocycles. The van der Waals surface area contributed by atoms with Crippen LogP contribution in [-0.4, -0.2) is 40.4 Å². The quantitative estimate of drug-likeness (QED) is 0.680. The molecule has 2 heterocycles. The van der Waals surface area contributed by atoms with Gasteiger partial charge in [-0.05, 0) is 43.0 Å². The predicted molar refractivity (Wildman–Crippen MR) is 106 cm³/mol. The van der Waals surface area contributed by atoms with Gasteiger partial charge in [0.15, 0.2) is 0 Å². The minimum Gasteiger partial charge on any atom is -0.475 e. The van der Waals surface area contributed by atoms with Crippen LogP contribution in [0.3, 0.4) is 0 Å². The van der Waals surface area contributed by atoms with E-state index in [1.807, 2.05) is 13.8 Å². The molecule has 0 unspecified atom stereocenters. The number of hydrogen-bond acceptors (Lipinski definition) is 5. The Morgan fingerprint density at radius 3 is 2.50 bits per heavy atom. The molecule has 7 nitrogen and oxygen atoms in total. The van der Waals surface area contributed by atoms with Gasteiger partial charge in [-0.2, -0.15) is 13.2 Å². The fraction of sp³-hybridized carbons (Fsp3) is 0.450. The van der Waals surface area contributed by atoms with E-state index in [1.54, 1.807) is 6.92 Å². The molecule has 0 aliphatic heterocycles. The smallest absolute Gasteiger partial charge is 0.421 e. The second kappa shape index (κ2) is 8.86. The number of ether oxygens (including phenoxy) is 1. The van der Waals surface area contributed by atoms with Crippen LogP contribution in [0, 0.1) is 5.92 Å². The standard InChI is InChI=1S/C20H25F3N4O3/c1-12(2)9-19(3,24)11-30-17-15(20(21,22)23)7-14(10-26-17)13-5-6-25-16(8-13)27(4)18(28)29/h5-8,10,12H,9,11,24H2,1-4H3,(H,28,29)/t19-/m0/s1. The molecule has 0 bridgehead atoms. The monoisotopic (exact) mass is 426 g/mol.